The number of sulfonamides is 1. The van der Waals surface area contributed by atoms with Gasteiger partial charge in [0.2, 0.25) is 15.9 Å². The molecule has 0 saturated heterocycles. The van der Waals surface area contributed by atoms with E-state index in [1.807, 2.05) is 4.90 Å². The third kappa shape index (κ3) is 3.31. The number of rotatable bonds is 6. The minimum absolute atomic E-state index is 0.186. The van der Waals surface area contributed by atoms with Gasteiger partial charge in [-0.3, -0.25) is 9.79 Å². The largest absolute Gasteiger partial charge is 0.442 e. The van der Waals surface area contributed by atoms with Crippen LogP contribution in [0.15, 0.2) is 43.6 Å². The lowest BCUT2D eigenvalue weighted by Gasteiger charge is -2.19. The number of fused-ring (bicyclic) bond motifs is 3. The van der Waals surface area contributed by atoms with Crippen LogP contribution in [0.2, 0.25) is 0 Å². The van der Waals surface area contributed by atoms with Crippen LogP contribution in [0, 0.1) is 6.92 Å². The summed E-state index contributed by atoms with van der Waals surface area (Å²) < 4.78 is 32.3. The van der Waals surface area contributed by atoms with Crippen molar-refractivity contribution in [3.8, 4) is 0 Å². The fourth-order valence-electron chi connectivity index (χ4n) is 3.64. The molecule has 1 aromatic carbocycles. The molecule has 0 spiro atoms. The van der Waals surface area contributed by atoms with Crippen molar-refractivity contribution in [2.75, 3.05) is 31.5 Å². The van der Waals surface area contributed by atoms with E-state index in [1.165, 1.54) is 16.4 Å². The van der Waals surface area contributed by atoms with Crippen molar-refractivity contribution in [3.63, 3.8) is 0 Å². The summed E-state index contributed by atoms with van der Waals surface area (Å²) in [6.07, 6.45) is 1.66. The van der Waals surface area contributed by atoms with Gasteiger partial charge in [0.05, 0.1) is 22.6 Å². The van der Waals surface area contributed by atoms with Crippen LogP contribution in [-0.2, 0) is 10.0 Å². The number of nitrogens with zero attached hydrogens (tertiary/aromatic N) is 4. The first-order chi connectivity index (χ1) is 14.4. The number of carbonyl (C=O) groups excluding carboxylic acids is 1. The molecule has 10 heteroatoms. The Morgan fingerprint density at radius 3 is 2.60 bits per heavy atom. The second kappa shape index (κ2) is 7.69. The third-order valence-corrected chi connectivity index (χ3v) is 7.22. The first kappa shape index (κ1) is 20.3. The standard InChI is InChI=1S/C20H23N5O4S/c1-4-25(5-2)30(27,28)15-8-6-14(7-9-15)23-19(26)16-13(3)29-20-17(16)18-21-10-11-24(18)12-22-20/h6-9,12H,4-5,10-11H2,1-3H3,(H,23,26). The lowest BCUT2D eigenvalue weighted by molar-refractivity contribution is 0.102. The molecular weight excluding hydrogens is 406 g/mol. The van der Waals surface area contributed by atoms with Gasteiger partial charge in [0.25, 0.3) is 5.91 Å². The van der Waals surface area contributed by atoms with Gasteiger partial charge < -0.3 is 14.6 Å². The minimum Gasteiger partial charge on any atom is -0.442 e. The number of furan rings is 1. The number of aryl methyl sites for hydroxylation is 1. The van der Waals surface area contributed by atoms with Gasteiger partial charge in [0.1, 0.15) is 17.9 Å². The Kier molecular flexibility index (Phi) is 5.20. The maximum absolute atomic E-state index is 13.0. The van der Waals surface area contributed by atoms with Gasteiger partial charge in [0.15, 0.2) is 0 Å². The molecule has 0 radical (unpaired) electrons. The molecule has 158 valence electrons. The van der Waals surface area contributed by atoms with Crippen LogP contribution < -0.4 is 5.32 Å². The summed E-state index contributed by atoms with van der Waals surface area (Å²) >= 11 is 0. The van der Waals surface area contributed by atoms with E-state index in [4.69, 9.17) is 4.42 Å². The molecule has 0 saturated carbocycles. The lowest BCUT2D eigenvalue weighted by atomic mass is 10.1. The van der Waals surface area contributed by atoms with Crippen LogP contribution in [0.5, 0.6) is 0 Å². The summed E-state index contributed by atoms with van der Waals surface area (Å²) in [4.78, 5) is 23.8. The Morgan fingerprint density at radius 1 is 1.23 bits per heavy atom. The molecule has 30 heavy (non-hydrogen) atoms. The predicted molar refractivity (Wildman–Crippen MR) is 114 cm³/mol. The lowest BCUT2D eigenvalue weighted by Crippen LogP contribution is -2.31. The van der Waals surface area contributed by atoms with E-state index in [-0.39, 0.29) is 10.8 Å². The molecule has 2 aliphatic rings. The summed E-state index contributed by atoms with van der Waals surface area (Å²) in [5.41, 5.74) is 1.45. The maximum atomic E-state index is 13.0. The van der Waals surface area contributed by atoms with Crippen molar-refractivity contribution < 1.29 is 17.6 Å². The van der Waals surface area contributed by atoms with Crippen molar-refractivity contribution in [1.29, 1.82) is 0 Å². The Balaban J connectivity index is 1.59. The van der Waals surface area contributed by atoms with Gasteiger partial charge in [-0.1, -0.05) is 13.8 Å². The van der Waals surface area contributed by atoms with Crippen LogP contribution in [0.4, 0.5) is 11.6 Å². The molecule has 1 N–H and O–H groups in total. The predicted octanol–water partition coefficient (Wildman–Crippen LogP) is 2.61. The Hall–Kier alpha value is -2.98. The number of hydrogen-bond donors (Lipinski definition) is 1. The molecule has 1 amide bonds. The van der Waals surface area contributed by atoms with E-state index >= 15 is 0 Å². The highest BCUT2D eigenvalue weighted by Crippen LogP contribution is 2.34. The van der Waals surface area contributed by atoms with Gasteiger partial charge in [-0.15, -0.1) is 0 Å². The molecule has 0 unspecified atom stereocenters. The minimum atomic E-state index is -3.55. The number of hydrogen-bond acceptors (Lipinski definition) is 7. The molecule has 0 bridgehead atoms. The number of benzene rings is 1. The third-order valence-electron chi connectivity index (χ3n) is 5.16. The van der Waals surface area contributed by atoms with Crippen molar-refractivity contribution in [3.05, 3.63) is 41.2 Å². The molecule has 2 aliphatic heterocycles. The van der Waals surface area contributed by atoms with Gasteiger partial charge in [-0.25, -0.2) is 13.4 Å². The van der Waals surface area contributed by atoms with Gasteiger partial charge >= 0.3 is 0 Å². The van der Waals surface area contributed by atoms with E-state index < -0.39 is 10.0 Å². The Bertz CT molecular complexity index is 1140. The van der Waals surface area contributed by atoms with E-state index in [0.29, 0.717) is 60.5 Å². The fourth-order valence-corrected chi connectivity index (χ4v) is 5.09. The molecule has 0 atom stereocenters. The highest BCUT2D eigenvalue weighted by Gasteiger charge is 2.33. The number of amidine groups is 1. The molecule has 0 aliphatic carbocycles. The zero-order valence-electron chi connectivity index (χ0n) is 17.0. The van der Waals surface area contributed by atoms with Gasteiger partial charge in [-0.2, -0.15) is 4.31 Å². The smallest absolute Gasteiger partial charge is 0.260 e. The van der Waals surface area contributed by atoms with Crippen LogP contribution in [0.3, 0.4) is 0 Å². The topological polar surface area (TPSA) is 108 Å². The summed E-state index contributed by atoms with van der Waals surface area (Å²) in [5, 5.41) is 2.82. The zero-order chi connectivity index (χ0) is 21.5. The molecule has 9 nitrogen and oxygen atoms in total. The number of nitrogens with one attached hydrogen (secondary N) is 1. The van der Waals surface area contributed by atoms with Crippen LogP contribution in [-0.4, -0.2) is 61.9 Å². The van der Waals surface area contributed by atoms with Crippen molar-refractivity contribution in [2.45, 2.75) is 25.7 Å². The number of carbonyl (C=O) groups is 1. The highest BCUT2D eigenvalue weighted by molar-refractivity contribution is 7.89. The average Bonchev–Trinajstić information content (AvgIpc) is 3.32. The van der Waals surface area contributed by atoms with Crippen LogP contribution in [0.25, 0.3) is 0 Å². The van der Waals surface area contributed by atoms with E-state index in [0.717, 1.165) is 0 Å². The van der Waals surface area contributed by atoms with Gasteiger partial charge in [-0.05, 0) is 31.2 Å². The van der Waals surface area contributed by atoms with Crippen molar-refractivity contribution in [2.24, 2.45) is 9.98 Å². The average molecular weight is 430 g/mol. The zero-order valence-corrected chi connectivity index (χ0v) is 17.9. The van der Waals surface area contributed by atoms with Gasteiger partial charge in [0, 0.05) is 25.3 Å². The molecule has 0 fully saturated rings. The van der Waals surface area contributed by atoms with E-state index in [9.17, 15) is 13.2 Å². The summed E-state index contributed by atoms with van der Waals surface area (Å²) in [6.45, 7) is 7.44. The monoisotopic (exact) mass is 429 g/mol. The Labute approximate surface area is 175 Å². The first-order valence-corrected chi connectivity index (χ1v) is 11.2. The quantitative estimate of drug-likeness (QED) is 0.759. The van der Waals surface area contributed by atoms with Crippen LogP contribution in [0.1, 0.15) is 35.5 Å². The van der Waals surface area contributed by atoms with E-state index in [1.54, 1.807) is 39.2 Å². The summed E-state index contributed by atoms with van der Waals surface area (Å²) in [5.74, 6) is 1.15. The SMILES string of the molecule is CCN(CC)S(=O)(=O)c1ccc(NC(=O)c2c(C)oc3c2C2=NCCN2C=N3)cc1. The maximum Gasteiger partial charge on any atom is 0.260 e. The van der Waals surface area contributed by atoms with Crippen molar-refractivity contribution >= 4 is 39.7 Å². The van der Waals surface area contributed by atoms with Crippen LogP contribution >= 0.6 is 0 Å². The molecule has 2 aromatic rings. The highest BCUT2D eigenvalue weighted by atomic mass is 32.2. The van der Waals surface area contributed by atoms with Crippen molar-refractivity contribution in [1.82, 2.24) is 9.21 Å². The summed E-state index contributed by atoms with van der Waals surface area (Å²) in [7, 11) is -3.55. The molecule has 1 aromatic heterocycles. The second-order valence-corrected chi connectivity index (χ2v) is 8.86. The number of amides is 1. The molecule has 3 heterocycles. The number of anilines is 1. The normalized spacial score (nSPS) is 15.2. The summed E-state index contributed by atoms with van der Waals surface area (Å²) in [6, 6.07) is 6.14. The fraction of sp³-hybridized carbons (Fsp3) is 0.350. The first-order valence-electron chi connectivity index (χ1n) is 9.77. The molecule has 4 rings (SSSR count). The molecular formula is C20H23N5O4S. The number of aliphatic imine (C=N–C) groups is 2. The van der Waals surface area contributed by atoms with E-state index in [2.05, 4.69) is 15.3 Å². The second-order valence-electron chi connectivity index (χ2n) is 6.92. The Morgan fingerprint density at radius 2 is 1.93 bits per heavy atom.